The lowest BCUT2D eigenvalue weighted by molar-refractivity contribution is 0.241. The second-order valence-corrected chi connectivity index (χ2v) is 4.55. The van der Waals surface area contributed by atoms with E-state index in [1.807, 2.05) is 0 Å². The zero-order chi connectivity index (χ0) is 10.4. The molecule has 2 N–H and O–H groups in total. The summed E-state index contributed by atoms with van der Waals surface area (Å²) < 4.78 is 0. The van der Waals surface area contributed by atoms with Gasteiger partial charge in [0.1, 0.15) is 0 Å². The molecule has 2 unspecified atom stereocenters. The average molecular weight is 198 g/mol. The van der Waals surface area contributed by atoms with Crippen molar-refractivity contribution in [3.63, 3.8) is 0 Å². The van der Waals surface area contributed by atoms with E-state index in [0.717, 1.165) is 12.5 Å². The summed E-state index contributed by atoms with van der Waals surface area (Å²) in [5.74, 6) is 0. The summed E-state index contributed by atoms with van der Waals surface area (Å²) >= 11 is 0. The Kier molecular flexibility index (Phi) is 5.49. The molecule has 0 radical (unpaired) electrons. The van der Waals surface area contributed by atoms with Crippen molar-refractivity contribution in [2.45, 2.75) is 64.5 Å². The number of nitrogens with zero attached hydrogens (tertiary/aromatic N) is 1. The molecule has 1 saturated heterocycles. The molecule has 0 bridgehead atoms. The molecular formula is C12H26N2. The average Bonchev–Trinajstić information content (AvgIpc) is 2.65. The Balaban J connectivity index is 2.11. The van der Waals surface area contributed by atoms with Gasteiger partial charge in [-0.05, 0) is 51.6 Å². The molecule has 0 spiro atoms. The van der Waals surface area contributed by atoms with Crippen molar-refractivity contribution in [2.75, 3.05) is 13.1 Å². The highest BCUT2D eigenvalue weighted by Crippen LogP contribution is 2.20. The van der Waals surface area contributed by atoms with Crippen molar-refractivity contribution in [1.29, 1.82) is 0 Å². The highest BCUT2D eigenvalue weighted by molar-refractivity contribution is 4.77. The Morgan fingerprint density at radius 1 is 1.43 bits per heavy atom. The van der Waals surface area contributed by atoms with Gasteiger partial charge in [-0.25, -0.2) is 0 Å². The summed E-state index contributed by atoms with van der Waals surface area (Å²) in [6.45, 7) is 7.07. The maximum Gasteiger partial charge on any atom is 0.00931 e. The molecule has 1 aliphatic rings. The first-order chi connectivity index (χ1) is 6.77. The van der Waals surface area contributed by atoms with Crippen LogP contribution in [0.5, 0.6) is 0 Å². The van der Waals surface area contributed by atoms with E-state index in [2.05, 4.69) is 18.7 Å². The molecule has 1 rings (SSSR count). The van der Waals surface area contributed by atoms with Gasteiger partial charge in [0.15, 0.2) is 0 Å². The van der Waals surface area contributed by atoms with Gasteiger partial charge < -0.3 is 10.6 Å². The van der Waals surface area contributed by atoms with E-state index in [1.165, 1.54) is 45.2 Å². The van der Waals surface area contributed by atoms with Crippen LogP contribution in [0.1, 0.15) is 52.4 Å². The van der Waals surface area contributed by atoms with Gasteiger partial charge >= 0.3 is 0 Å². The van der Waals surface area contributed by atoms with Crippen LogP contribution in [0.15, 0.2) is 0 Å². The van der Waals surface area contributed by atoms with E-state index in [-0.39, 0.29) is 0 Å². The van der Waals surface area contributed by atoms with Crippen molar-refractivity contribution >= 4 is 0 Å². The van der Waals surface area contributed by atoms with Gasteiger partial charge in [0.25, 0.3) is 0 Å². The molecule has 1 aliphatic heterocycles. The SMILES string of the molecule is CCC(N)CCCN1CCCC1CC. The van der Waals surface area contributed by atoms with Crippen molar-refractivity contribution < 1.29 is 0 Å². The number of nitrogens with two attached hydrogens (primary N) is 1. The van der Waals surface area contributed by atoms with Gasteiger partial charge in [0.2, 0.25) is 0 Å². The van der Waals surface area contributed by atoms with Gasteiger partial charge in [-0.15, -0.1) is 0 Å². The standard InChI is InChI=1S/C12H26N2/c1-3-11(13)7-5-9-14-10-6-8-12(14)4-2/h11-12H,3-10,13H2,1-2H3. The van der Waals surface area contributed by atoms with E-state index in [1.54, 1.807) is 0 Å². The molecular weight excluding hydrogens is 172 g/mol. The van der Waals surface area contributed by atoms with Gasteiger partial charge in [0, 0.05) is 12.1 Å². The maximum atomic E-state index is 5.91. The molecule has 2 heteroatoms. The van der Waals surface area contributed by atoms with Gasteiger partial charge in [-0.1, -0.05) is 13.8 Å². The third kappa shape index (κ3) is 3.58. The van der Waals surface area contributed by atoms with Crippen LogP contribution in [0.3, 0.4) is 0 Å². The molecule has 84 valence electrons. The van der Waals surface area contributed by atoms with Crippen LogP contribution >= 0.6 is 0 Å². The Hall–Kier alpha value is -0.0800. The lowest BCUT2D eigenvalue weighted by atomic mass is 10.1. The predicted molar refractivity (Wildman–Crippen MR) is 62.4 cm³/mol. The fourth-order valence-corrected chi connectivity index (χ4v) is 2.41. The van der Waals surface area contributed by atoms with Crippen LogP contribution in [0.25, 0.3) is 0 Å². The lowest BCUT2D eigenvalue weighted by Gasteiger charge is -2.23. The Labute approximate surface area is 88.8 Å². The molecule has 0 aromatic carbocycles. The first kappa shape index (κ1) is 12.0. The Morgan fingerprint density at radius 2 is 2.21 bits per heavy atom. The molecule has 14 heavy (non-hydrogen) atoms. The summed E-state index contributed by atoms with van der Waals surface area (Å²) in [5, 5.41) is 0. The molecule has 1 heterocycles. The third-order valence-corrected chi connectivity index (χ3v) is 3.51. The second kappa shape index (κ2) is 6.41. The van der Waals surface area contributed by atoms with Crippen LogP contribution in [0.2, 0.25) is 0 Å². The van der Waals surface area contributed by atoms with Crippen molar-refractivity contribution in [3.05, 3.63) is 0 Å². The number of likely N-dealkylation sites (tertiary alicyclic amines) is 1. The van der Waals surface area contributed by atoms with Crippen LogP contribution < -0.4 is 5.73 Å². The number of hydrogen-bond acceptors (Lipinski definition) is 2. The number of rotatable bonds is 6. The summed E-state index contributed by atoms with van der Waals surface area (Å²) in [4.78, 5) is 2.66. The van der Waals surface area contributed by atoms with Gasteiger partial charge in [-0.3, -0.25) is 0 Å². The molecule has 0 aromatic rings. The second-order valence-electron chi connectivity index (χ2n) is 4.55. The molecule has 1 fully saturated rings. The monoisotopic (exact) mass is 198 g/mol. The molecule has 0 saturated carbocycles. The molecule has 0 amide bonds. The fraction of sp³-hybridized carbons (Fsp3) is 1.00. The highest BCUT2D eigenvalue weighted by Gasteiger charge is 2.21. The summed E-state index contributed by atoms with van der Waals surface area (Å²) in [5.41, 5.74) is 5.91. The maximum absolute atomic E-state index is 5.91. The zero-order valence-electron chi connectivity index (χ0n) is 9.84. The smallest absolute Gasteiger partial charge is 0.00931 e. The highest BCUT2D eigenvalue weighted by atomic mass is 15.2. The molecule has 2 nitrogen and oxygen atoms in total. The van der Waals surface area contributed by atoms with Crippen LogP contribution in [0, 0.1) is 0 Å². The normalized spacial score (nSPS) is 25.5. The fourth-order valence-electron chi connectivity index (χ4n) is 2.41. The van der Waals surface area contributed by atoms with E-state index < -0.39 is 0 Å². The first-order valence-electron chi connectivity index (χ1n) is 6.27. The zero-order valence-corrected chi connectivity index (χ0v) is 9.84. The van der Waals surface area contributed by atoms with Crippen LogP contribution in [-0.2, 0) is 0 Å². The van der Waals surface area contributed by atoms with E-state index in [0.29, 0.717) is 6.04 Å². The Bertz CT molecular complexity index is 147. The first-order valence-corrected chi connectivity index (χ1v) is 6.27. The minimum atomic E-state index is 0.428. The predicted octanol–water partition coefficient (Wildman–Crippen LogP) is 2.38. The topological polar surface area (TPSA) is 29.3 Å². The van der Waals surface area contributed by atoms with Crippen LogP contribution in [-0.4, -0.2) is 30.1 Å². The van der Waals surface area contributed by atoms with E-state index in [9.17, 15) is 0 Å². The van der Waals surface area contributed by atoms with Crippen molar-refractivity contribution in [3.8, 4) is 0 Å². The molecule has 0 aliphatic carbocycles. The number of hydrogen-bond donors (Lipinski definition) is 1. The molecule has 2 atom stereocenters. The lowest BCUT2D eigenvalue weighted by Crippen LogP contribution is -2.31. The minimum Gasteiger partial charge on any atom is -0.328 e. The third-order valence-electron chi connectivity index (χ3n) is 3.51. The van der Waals surface area contributed by atoms with Gasteiger partial charge in [0.05, 0.1) is 0 Å². The molecule has 0 aromatic heterocycles. The minimum absolute atomic E-state index is 0.428. The Morgan fingerprint density at radius 3 is 2.86 bits per heavy atom. The van der Waals surface area contributed by atoms with Crippen molar-refractivity contribution in [2.24, 2.45) is 5.73 Å². The quantitative estimate of drug-likeness (QED) is 0.710. The summed E-state index contributed by atoms with van der Waals surface area (Å²) in [6, 6.07) is 1.30. The summed E-state index contributed by atoms with van der Waals surface area (Å²) in [6.07, 6.45) is 7.74. The largest absolute Gasteiger partial charge is 0.328 e. The van der Waals surface area contributed by atoms with Crippen molar-refractivity contribution in [1.82, 2.24) is 4.90 Å². The van der Waals surface area contributed by atoms with E-state index in [4.69, 9.17) is 5.73 Å². The van der Waals surface area contributed by atoms with E-state index >= 15 is 0 Å². The van der Waals surface area contributed by atoms with Gasteiger partial charge in [-0.2, -0.15) is 0 Å². The van der Waals surface area contributed by atoms with Crippen LogP contribution in [0.4, 0.5) is 0 Å². The summed E-state index contributed by atoms with van der Waals surface area (Å²) in [7, 11) is 0.